The number of halogens is 1. The molecule has 3 heteroatoms. The zero-order chi connectivity index (χ0) is 13.8. The lowest BCUT2D eigenvalue weighted by molar-refractivity contribution is 0.596. The molecule has 0 bridgehead atoms. The van der Waals surface area contributed by atoms with E-state index in [1.165, 1.54) is 11.6 Å². The first kappa shape index (κ1) is 13.8. The van der Waals surface area contributed by atoms with Gasteiger partial charge in [-0.3, -0.25) is 0 Å². The van der Waals surface area contributed by atoms with Gasteiger partial charge in [0.15, 0.2) is 0 Å². The molecule has 0 aliphatic carbocycles. The largest absolute Gasteiger partial charge is 0.350 e. The van der Waals surface area contributed by atoms with E-state index in [0.717, 1.165) is 24.2 Å². The number of rotatable bonds is 5. The molecule has 1 atom stereocenters. The Bertz CT molecular complexity index is 545. The minimum atomic E-state index is -0.171. The van der Waals surface area contributed by atoms with E-state index < -0.39 is 0 Å². The molecule has 1 unspecified atom stereocenters. The molecule has 1 aromatic carbocycles. The Morgan fingerprint density at radius 3 is 2.79 bits per heavy atom. The second-order valence-corrected chi connectivity index (χ2v) is 4.97. The molecular weight excluding hydrogens is 239 g/mol. The molecule has 0 fully saturated rings. The Kier molecular flexibility index (Phi) is 4.38. The summed E-state index contributed by atoms with van der Waals surface area (Å²) in [6.07, 6.45) is 4.22. The van der Waals surface area contributed by atoms with Crippen molar-refractivity contribution in [1.82, 2.24) is 9.88 Å². The van der Waals surface area contributed by atoms with E-state index in [1.54, 1.807) is 6.07 Å². The molecule has 0 spiro atoms. The molecule has 0 saturated heterocycles. The summed E-state index contributed by atoms with van der Waals surface area (Å²) >= 11 is 0. The Labute approximate surface area is 114 Å². The van der Waals surface area contributed by atoms with Gasteiger partial charge in [-0.1, -0.05) is 13.0 Å². The smallest absolute Gasteiger partial charge is 0.123 e. The van der Waals surface area contributed by atoms with Crippen LogP contribution in [0, 0.1) is 12.7 Å². The van der Waals surface area contributed by atoms with E-state index in [4.69, 9.17) is 0 Å². The molecule has 0 aliphatic rings. The number of hydrogen-bond acceptors (Lipinski definition) is 1. The van der Waals surface area contributed by atoms with E-state index in [0.29, 0.717) is 6.04 Å². The summed E-state index contributed by atoms with van der Waals surface area (Å²) in [4.78, 5) is 0. The molecule has 1 heterocycles. The molecule has 2 aromatic rings. The normalized spacial score (nSPS) is 12.6. The van der Waals surface area contributed by atoms with Crippen LogP contribution in [0.1, 0.15) is 36.6 Å². The number of benzene rings is 1. The van der Waals surface area contributed by atoms with Crippen molar-refractivity contribution in [2.24, 2.45) is 0 Å². The molecule has 2 nitrogen and oxygen atoms in total. The van der Waals surface area contributed by atoms with Gasteiger partial charge in [-0.2, -0.15) is 0 Å². The summed E-state index contributed by atoms with van der Waals surface area (Å²) in [6, 6.07) is 7.46. The average Bonchev–Trinajstić information content (AvgIpc) is 2.82. The highest BCUT2D eigenvalue weighted by molar-refractivity contribution is 5.27. The first-order chi connectivity index (χ1) is 9.10. The highest BCUT2D eigenvalue weighted by Gasteiger charge is 2.06. The van der Waals surface area contributed by atoms with Gasteiger partial charge in [0, 0.05) is 25.0 Å². The van der Waals surface area contributed by atoms with Crippen LogP contribution in [-0.4, -0.2) is 11.1 Å². The van der Waals surface area contributed by atoms with Crippen LogP contribution < -0.4 is 5.32 Å². The highest BCUT2D eigenvalue weighted by Crippen LogP contribution is 2.16. The zero-order valence-corrected chi connectivity index (χ0v) is 11.8. The van der Waals surface area contributed by atoms with Gasteiger partial charge in [-0.25, -0.2) is 4.39 Å². The van der Waals surface area contributed by atoms with Crippen LogP contribution in [-0.2, 0) is 6.54 Å². The average molecular weight is 260 g/mol. The second-order valence-electron chi connectivity index (χ2n) is 4.97. The number of nitrogens with zero attached hydrogens (tertiary/aromatic N) is 1. The molecule has 0 aliphatic heterocycles. The van der Waals surface area contributed by atoms with Gasteiger partial charge in [0.2, 0.25) is 0 Å². The quantitative estimate of drug-likeness (QED) is 0.868. The number of aryl methyl sites for hydroxylation is 1. The lowest BCUT2D eigenvalue weighted by Gasteiger charge is -2.10. The summed E-state index contributed by atoms with van der Waals surface area (Å²) in [7, 11) is 0. The van der Waals surface area contributed by atoms with Crippen molar-refractivity contribution in [3.05, 3.63) is 59.2 Å². The molecule has 0 amide bonds. The van der Waals surface area contributed by atoms with Crippen molar-refractivity contribution >= 4 is 0 Å². The fraction of sp³-hybridized carbons (Fsp3) is 0.375. The Hall–Kier alpha value is -1.61. The summed E-state index contributed by atoms with van der Waals surface area (Å²) in [5, 5.41) is 3.39. The Morgan fingerprint density at radius 1 is 1.32 bits per heavy atom. The lowest BCUT2D eigenvalue weighted by atomic mass is 10.1. The van der Waals surface area contributed by atoms with Gasteiger partial charge in [-0.15, -0.1) is 0 Å². The predicted octanol–water partition coefficient (Wildman–Crippen LogP) is 3.65. The molecule has 0 radical (unpaired) electrons. The van der Waals surface area contributed by atoms with Crippen LogP contribution in [0.2, 0.25) is 0 Å². The molecule has 19 heavy (non-hydrogen) atoms. The molecule has 102 valence electrons. The maximum atomic E-state index is 13.1. The maximum absolute atomic E-state index is 13.1. The highest BCUT2D eigenvalue weighted by atomic mass is 19.1. The Balaban J connectivity index is 2.11. The zero-order valence-electron chi connectivity index (χ0n) is 11.8. The van der Waals surface area contributed by atoms with Crippen LogP contribution in [0.4, 0.5) is 4.39 Å². The van der Waals surface area contributed by atoms with Gasteiger partial charge >= 0.3 is 0 Å². The monoisotopic (exact) mass is 260 g/mol. The third kappa shape index (κ3) is 3.44. The number of hydrogen-bond donors (Lipinski definition) is 1. The van der Waals surface area contributed by atoms with Gasteiger partial charge in [0.25, 0.3) is 0 Å². The van der Waals surface area contributed by atoms with Crippen LogP contribution in [0.25, 0.3) is 0 Å². The maximum Gasteiger partial charge on any atom is 0.123 e. The van der Waals surface area contributed by atoms with Crippen LogP contribution >= 0.6 is 0 Å². The fourth-order valence-corrected chi connectivity index (χ4v) is 2.27. The van der Waals surface area contributed by atoms with Crippen LogP contribution in [0.15, 0.2) is 36.7 Å². The summed E-state index contributed by atoms with van der Waals surface area (Å²) in [5.41, 5.74) is 3.43. The molecule has 2 rings (SSSR count). The van der Waals surface area contributed by atoms with Crippen molar-refractivity contribution < 1.29 is 4.39 Å². The van der Waals surface area contributed by atoms with Crippen molar-refractivity contribution in [3.63, 3.8) is 0 Å². The first-order valence-electron chi connectivity index (χ1n) is 6.74. The summed E-state index contributed by atoms with van der Waals surface area (Å²) in [5.74, 6) is -0.171. The SMILES string of the molecule is CCNC(C)c1ccn(Cc2ccc(F)cc2C)c1. The topological polar surface area (TPSA) is 17.0 Å². The van der Waals surface area contributed by atoms with Crippen molar-refractivity contribution in [2.75, 3.05) is 6.54 Å². The minimum absolute atomic E-state index is 0.171. The van der Waals surface area contributed by atoms with E-state index in [2.05, 4.69) is 42.2 Å². The van der Waals surface area contributed by atoms with Crippen molar-refractivity contribution in [1.29, 1.82) is 0 Å². The minimum Gasteiger partial charge on any atom is -0.350 e. The summed E-state index contributed by atoms with van der Waals surface area (Å²) in [6.45, 7) is 7.96. The fourth-order valence-electron chi connectivity index (χ4n) is 2.27. The van der Waals surface area contributed by atoms with Gasteiger partial charge in [0.1, 0.15) is 5.82 Å². The Morgan fingerprint density at radius 2 is 2.11 bits per heavy atom. The first-order valence-corrected chi connectivity index (χ1v) is 6.74. The van der Waals surface area contributed by atoms with Crippen molar-refractivity contribution in [2.45, 2.75) is 33.4 Å². The van der Waals surface area contributed by atoms with Gasteiger partial charge in [-0.05, 0) is 55.3 Å². The van der Waals surface area contributed by atoms with Crippen LogP contribution in [0.3, 0.4) is 0 Å². The second kappa shape index (κ2) is 6.02. The number of aromatic nitrogens is 1. The molecule has 1 N–H and O–H groups in total. The van der Waals surface area contributed by atoms with Crippen LogP contribution in [0.5, 0.6) is 0 Å². The van der Waals surface area contributed by atoms with E-state index in [-0.39, 0.29) is 5.82 Å². The van der Waals surface area contributed by atoms with E-state index in [9.17, 15) is 4.39 Å². The number of nitrogens with one attached hydrogen (secondary N) is 1. The molecule has 1 aromatic heterocycles. The standard InChI is InChI=1S/C16H21FN2/c1-4-18-13(3)15-7-8-19(11-15)10-14-5-6-16(17)9-12(14)2/h5-9,11,13,18H,4,10H2,1-3H3. The van der Waals surface area contributed by atoms with Crippen molar-refractivity contribution in [3.8, 4) is 0 Å². The predicted molar refractivity (Wildman–Crippen MR) is 76.8 cm³/mol. The van der Waals surface area contributed by atoms with Gasteiger partial charge < -0.3 is 9.88 Å². The third-order valence-electron chi connectivity index (χ3n) is 3.44. The van der Waals surface area contributed by atoms with E-state index in [1.807, 2.05) is 13.0 Å². The molecule has 0 saturated carbocycles. The van der Waals surface area contributed by atoms with E-state index >= 15 is 0 Å². The summed E-state index contributed by atoms with van der Waals surface area (Å²) < 4.78 is 15.2. The lowest BCUT2D eigenvalue weighted by Crippen LogP contribution is -2.17. The molecular formula is C16H21FN2. The van der Waals surface area contributed by atoms with Gasteiger partial charge in [0.05, 0.1) is 0 Å². The third-order valence-corrected chi connectivity index (χ3v) is 3.44.